The Labute approximate surface area is 207 Å². The van der Waals surface area contributed by atoms with Gasteiger partial charge in [-0.05, 0) is 58.7 Å². The summed E-state index contributed by atoms with van der Waals surface area (Å²) in [4.78, 5) is 6.48. The van der Waals surface area contributed by atoms with Crippen LogP contribution in [0.2, 0.25) is 0 Å². The first-order valence-corrected chi connectivity index (χ1v) is 13.8. The second-order valence-corrected chi connectivity index (χ2v) is 11.4. The van der Waals surface area contributed by atoms with Crippen LogP contribution in [0.3, 0.4) is 0 Å². The lowest BCUT2D eigenvalue weighted by molar-refractivity contribution is -0.888. The SMILES string of the molecule is CCN(CC)c1cc(N)c2c(c1)Sc1cc3c(cc1N2)C(C)CC(C)(C)[NH+]3CC.O=S(=O)([O-])O. The minimum atomic E-state index is -4.92. The van der Waals surface area contributed by atoms with Gasteiger partial charge < -0.3 is 20.5 Å². The maximum Gasteiger partial charge on any atom is 0.215 e. The van der Waals surface area contributed by atoms with E-state index in [0.717, 1.165) is 31.0 Å². The lowest BCUT2D eigenvalue weighted by atomic mass is 9.80. The Morgan fingerprint density at radius 1 is 1.21 bits per heavy atom. The quantitative estimate of drug-likeness (QED) is 0.235. The van der Waals surface area contributed by atoms with Crippen LogP contribution in [-0.4, -0.2) is 42.7 Å². The van der Waals surface area contributed by atoms with Crippen molar-refractivity contribution in [1.82, 2.24) is 0 Å². The summed E-state index contributed by atoms with van der Waals surface area (Å²) in [7, 11) is -4.92. The topological polar surface area (TPSA) is 123 Å². The maximum absolute atomic E-state index is 8.63. The monoisotopic (exact) mass is 508 g/mol. The molecule has 2 atom stereocenters. The second-order valence-electron chi connectivity index (χ2n) is 9.49. The average Bonchev–Trinajstić information content (AvgIpc) is 2.71. The van der Waals surface area contributed by atoms with E-state index in [1.165, 1.54) is 38.8 Å². The normalized spacial score (nSPS) is 20.1. The van der Waals surface area contributed by atoms with E-state index in [2.05, 4.69) is 76.0 Å². The molecule has 2 aliphatic rings. The lowest BCUT2D eigenvalue weighted by Gasteiger charge is -2.42. The molecule has 0 fully saturated rings. The highest BCUT2D eigenvalue weighted by Crippen LogP contribution is 2.50. The van der Waals surface area contributed by atoms with Crippen molar-refractivity contribution in [1.29, 1.82) is 0 Å². The number of nitrogen functional groups attached to an aromatic ring is 1. The van der Waals surface area contributed by atoms with Crippen molar-refractivity contribution in [3.8, 4) is 0 Å². The maximum atomic E-state index is 8.63. The first-order valence-electron chi connectivity index (χ1n) is 11.6. The smallest absolute Gasteiger partial charge is 0.215 e. The Morgan fingerprint density at radius 2 is 1.82 bits per heavy atom. The van der Waals surface area contributed by atoms with Crippen molar-refractivity contribution in [3.05, 3.63) is 29.8 Å². The molecular formula is C24H36N4O4S2. The molecule has 0 bridgehead atoms. The summed E-state index contributed by atoms with van der Waals surface area (Å²) in [5, 5.41) is 3.66. The molecule has 0 radical (unpaired) electrons. The molecule has 0 saturated carbocycles. The number of fused-ring (bicyclic) bond motifs is 3. The van der Waals surface area contributed by atoms with Crippen molar-refractivity contribution in [2.75, 3.05) is 35.6 Å². The molecule has 2 aromatic carbocycles. The Hall–Kier alpha value is -1.98. The zero-order valence-corrected chi connectivity index (χ0v) is 22.4. The number of nitrogens with two attached hydrogens (primary N) is 1. The second kappa shape index (κ2) is 9.94. The molecule has 0 spiro atoms. The summed E-state index contributed by atoms with van der Waals surface area (Å²) in [6.07, 6.45) is 1.21. The third-order valence-corrected chi connectivity index (χ3v) is 7.82. The predicted octanol–water partition coefficient (Wildman–Crippen LogP) is 4.15. The van der Waals surface area contributed by atoms with Gasteiger partial charge in [-0.25, -0.2) is 8.42 Å². The lowest BCUT2D eigenvalue weighted by Crippen LogP contribution is -3.15. The number of quaternary nitrogens is 1. The van der Waals surface area contributed by atoms with Crippen LogP contribution in [-0.2, 0) is 10.4 Å². The van der Waals surface area contributed by atoms with E-state index in [1.807, 2.05) is 11.8 Å². The molecule has 2 aromatic rings. The van der Waals surface area contributed by atoms with Gasteiger partial charge in [0.15, 0.2) is 0 Å². The molecule has 2 aliphatic heterocycles. The summed E-state index contributed by atoms with van der Waals surface area (Å²) >= 11 is 1.85. The predicted molar refractivity (Wildman–Crippen MR) is 139 cm³/mol. The highest BCUT2D eigenvalue weighted by atomic mass is 32.3. The van der Waals surface area contributed by atoms with Gasteiger partial charge in [-0.1, -0.05) is 18.7 Å². The molecule has 0 aromatic heterocycles. The van der Waals surface area contributed by atoms with Gasteiger partial charge in [-0.3, -0.25) is 9.45 Å². The number of rotatable bonds is 4. The number of anilines is 4. The van der Waals surface area contributed by atoms with Crippen molar-refractivity contribution in [2.45, 2.75) is 69.2 Å². The van der Waals surface area contributed by atoms with Crippen LogP contribution in [0.25, 0.3) is 0 Å². The van der Waals surface area contributed by atoms with Crippen molar-refractivity contribution >= 4 is 50.6 Å². The van der Waals surface area contributed by atoms with Crippen molar-refractivity contribution < 1.29 is 22.4 Å². The molecule has 2 unspecified atom stereocenters. The van der Waals surface area contributed by atoms with Gasteiger partial charge in [0, 0.05) is 46.6 Å². The van der Waals surface area contributed by atoms with E-state index in [4.69, 9.17) is 23.3 Å². The molecule has 5 N–H and O–H groups in total. The molecule has 4 rings (SSSR count). The van der Waals surface area contributed by atoms with Crippen LogP contribution in [0.15, 0.2) is 34.1 Å². The summed E-state index contributed by atoms with van der Waals surface area (Å²) < 4.78 is 32.8. The molecular weight excluding hydrogens is 472 g/mol. The van der Waals surface area contributed by atoms with E-state index in [9.17, 15) is 0 Å². The summed E-state index contributed by atoms with van der Waals surface area (Å²) in [6.45, 7) is 16.9. The standard InChI is InChI=1S/C24H34N4S.H2O4S/c1-7-27(8-2)16-10-18(25)23-22(11-16)29-21-13-20-17(12-19(21)26-23)15(4)14-24(5,6)28(20)9-3;1-5(2,3)4/h10-13,15,26H,7-9,14,25H2,1-6H3;(H2,1,2,3,4). The van der Waals surface area contributed by atoms with Crippen LogP contribution in [0.5, 0.6) is 0 Å². The Morgan fingerprint density at radius 3 is 2.38 bits per heavy atom. The van der Waals surface area contributed by atoms with Gasteiger partial charge >= 0.3 is 0 Å². The van der Waals surface area contributed by atoms with Gasteiger partial charge in [-0.15, -0.1) is 0 Å². The Balaban J connectivity index is 0.000000588. The van der Waals surface area contributed by atoms with Gasteiger partial charge in [-0.2, -0.15) is 0 Å². The number of nitrogens with one attached hydrogen (secondary N) is 2. The van der Waals surface area contributed by atoms with Crippen LogP contribution in [0, 0.1) is 0 Å². The molecule has 2 heterocycles. The largest absolute Gasteiger partial charge is 0.726 e. The third-order valence-electron chi connectivity index (χ3n) is 6.72. The number of hydrogen-bond acceptors (Lipinski definition) is 7. The van der Waals surface area contributed by atoms with Crippen molar-refractivity contribution in [3.63, 3.8) is 0 Å². The zero-order valence-electron chi connectivity index (χ0n) is 20.7. The van der Waals surface area contributed by atoms with Crippen LogP contribution in [0.4, 0.5) is 28.4 Å². The minimum absolute atomic E-state index is 0.264. The van der Waals surface area contributed by atoms with Gasteiger partial charge in [0.2, 0.25) is 10.4 Å². The number of nitrogens with zero attached hydrogens (tertiary/aromatic N) is 1. The minimum Gasteiger partial charge on any atom is -0.726 e. The molecule has 0 aliphatic carbocycles. The summed E-state index contributed by atoms with van der Waals surface area (Å²) in [5.74, 6) is 0.566. The van der Waals surface area contributed by atoms with E-state index in [-0.39, 0.29) is 5.54 Å². The van der Waals surface area contributed by atoms with Gasteiger partial charge in [0.1, 0.15) is 5.69 Å². The fourth-order valence-corrected chi connectivity index (χ4v) is 6.42. The molecule has 0 amide bonds. The molecule has 0 saturated heterocycles. The van der Waals surface area contributed by atoms with E-state index in [0.29, 0.717) is 5.92 Å². The Bertz CT molecular complexity index is 1160. The molecule has 188 valence electrons. The fraction of sp³-hybridized carbons (Fsp3) is 0.500. The van der Waals surface area contributed by atoms with Crippen LogP contribution in [0.1, 0.15) is 59.4 Å². The third kappa shape index (κ3) is 5.63. The summed E-state index contributed by atoms with van der Waals surface area (Å²) in [5.41, 5.74) is 14.0. The summed E-state index contributed by atoms with van der Waals surface area (Å²) in [6, 6.07) is 9.21. The van der Waals surface area contributed by atoms with E-state index >= 15 is 0 Å². The number of hydrogen-bond donors (Lipinski definition) is 4. The fourth-order valence-electron chi connectivity index (χ4n) is 5.34. The van der Waals surface area contributed by atoms with Crippen molar-refractivity contribution in [2.24, 2.45) is 0 Å². The number of benzene rings is 2. The molecule has 8 nitrogen and oxygen atoms in total. The average molecular weight is 509 g/mol. The first kappa shape index (κ1) is 26.6. The van der Waals surface area contributed by atoms with Crippen LogP contribution >= 0.6 is 11.8 Å². The van der Waals surface area contributed by atoms with Gasteiger partial charge in [0.05, 0.1) is 29.1 Å². The van der Waals surface area contributed by atoms with Crippen LogP contribution < -0.4 is 20.9 Å². The molecule has 34 heavy (non-hydrogen) atoms. The van der Waals surface area contributed by atoms with Gasteiger partial charge in [0.25, 0.3) is 0 Å². The Kier molecular flexibility index (Phi) is 7.79. The van der Waals surface area contributed by atoms with E-state index in [1.54, 1.807) is 4.90 Å². The zero-order chi connectivity index (χ0) is 25.4. The highest BCUT2D eigenvalue weighted by molar-refractivity contribution is 7.99. The highest BCUT2D eigenvalue weighted by Gasteiger charge is 2.41. The van der Waals surface area contributed by atoms with E-state index < -0.39 is 10.4 Å². The first-order chi connectivity index (χ1) is 15.8. The molecule has 10 heteroatoms.